The van der Waals surface area contributed by atoms with Crippen molar-refractivity contribution in [2.45, 2.75) is 25.9 Å². The first-order chi connectivity index (χ1) is 18.4. The van der Waals surface area contributed by atoms with Gasteiger partial charge in [0.15, 0.2) is 5.11 Å². The lowest BCUT2D eigenvalue weighted by Crippen LogP contribution is -2.30. The molecule has 2 aromatic heterocycles. The molecule has 0 radical (unpaired) electrons. The molecule has 0 spiro atoms. The molecule has 9 heteroatoms. The summed E-state index contributed by atoms with van der Waals surface area (Å²) < 4.78 is 7.60. The molecule has 194 valence electrons. The number of aromatic nitrogens is 2. The minimum absolute atomic E-state index is 0.0952. The average Bonchev–Trinajstić information content (AvgIpc) is 3.54. The molecule has 38 heavy (non-hydrogen) atoms. The van der Waals surface area contributed by atoms with Crippen molar-refractivity contribution in [1.29, 1.82) is 0 Å². The van der Waals surface area contributed by atoms with E-state index in [0.717, 1.165) is 28.5 Å². The summed E-state index contributed by atoms with van der Waals surface area (Å²) in [6, 6.07) is 23.0. The van der Waals surface area contributed by atoms with E-state index < -0.39 is 0 Å². The van der Waals surface area contributed by atoms with Gasteiger partial charge in [-0.25, -0.2) is 0 Å². The van der Waals surface area contributed by atoms with Crippen LogP contribution in [0.25, 0.3) is 5.69 Å². The molecule has 1 fully saturated rings. The van der Waals surface area contributed by atoms with Crippen molar-refractivity contribution < 1.29 is 9.53 Å². The van der Waals surface area contributed by atoms with Crippen LogP contribution in [0.2, 0.25) is 5.02 Å². The van der Waals surface area contributed by atoms with Gasteiger partial charge in [-0.2, -0.15) is 0 Å². The van der Waals surface area contributed by atoms with E-state index in [1.807, 2.05) is 86.8 Å². The highest BCUT2D eigenvalue weighted by Crippen LogP contribution is 2.43. The number of ether oxygens (including phenoxy) is 1. The van der Waals surface area contributed by atoms with E-state index in [1.54, 1.807) is 13.3 Å². The molecular weight excluding hydrogens is 518 g/mol. The molecular formula is C29H28ClN5O2S. The van der Waals surface area contributed by atoms with Gasteiger partial charge in [0.2, 0.25) is 5.91 Å². The van der Waals surface area contributed by atoms with Crippen LogP contribution in [0.15, 0.2) is 85.2 Å². The van der Waals surface area contributed by atoms with Gasteiger partial charge in [-0.3, -0.25) is 9.78 Å². The quantitative estimate of drug-likeness (QED) is 0.265. The first-order valence-electron chi connectivity index (χ1n) is 12.3. The Bertz CT molecular complexity index is 1470. The monoisotopic (exact) mass is 545 g/mol. The molecule has 1 aliphatic heterocycles. The Kier molecular flexibility index (Phi) is 7.35. The summed E-state index contributed by atoms with van der Waals surface area (Å²) in [5.74, 6) is 0.516. The summed E-state index contributed by atoms with van der Waals surface area (Å²) in [4.78, 5) is 19.0. The molecule has 4 aromatic rings. The van der Waals surface area contributed by atoms with Gasteiger partial charge in [0.25, 0.3) is 0 Å². The number of benzene rings is 2. The number of nitrogens with one attached hydrogen (secondary N) is 2. The third-order valence-corrected chi connectivity index (χ3v) is 7.15. The second-order valence-corrected chi connectivity index (χ2v) is 10.1. The van der Waals surface area contributed by atoms with Crippen LogP contribution < -0.4 is 20.3 Å². The van der Waals surface area contributed by atoms with Crippen molar-refractivity contribution >= 4 is 46.2 Å². The lowest BCUT2D eigenvalue weighted by atomic mass is 10.0. The summed E-state index contributed by atoms with van der Waals surface area (Å²) in [6.07, 6.45) is 3.81. The number of hydrogen-bond donors (Lipinski definition) is 2. The van der Waals surface area contributed by atoms with Gasteiger partial charge in [0.1, 0.15) is 11.8 Å². The average molecular weight is 546 g/mol. The molecule has 1 aliphatic rings. The maximum absolute atomic E-state index is 12.3. The third kappa shape index (κ3) is 4.97. The van der Waals surface area contributed by atoms with E-state index in [9.17, 15) is 4.79 Å². The molecule has 0 aliphatic carbocycles. The Hall–Kier alpha value is -3.88. The van der Waals surface area contributed by atoms with Crippen LogP contribution in [-0.4, -0.2) is 27.7 Å². The van der Waals surface area contributed by atoms with Crippen molar-refractivity contribution in [1.82, 2.24) is 14.9 Å². The highest BCUT2D eigenvalue weighted by Gasteiger charge is 2.42. The van der Waals surface area contributed by atoms with Crippen LogP contribution in [0.5, 0.6) is 5.75 Å². The molecule has 0 bridgehead atoms. The Morgan fingerprint density at radius 3 is 2.63 bits per heavy atom. The SMILES string of the molecule is COc1cccc(-n2cccc2C2C(c3ccccn3)NC(=S)N2c2ccc(NC(=O)C(C)C)c(Cl)c2)c1. The number of carbonyl (C=O) groups is 1. The van der Waals surface area contributed by atoms with Crippen LogP contribution in [0.3, 0.4) is 0 Å². The number of anilines is 2. The van der Waals surface area contributed by atoms with Crippen molar-refractivity contribution in [2.24, 2.45) is 5.92 Å². The molecule has 1 saturated heterocycles. The van der Waals surface area contributed by atoms with E-state index in [4.69, 9.17) is 28.6 Å². The molecule has 2 aromatic carbocycles. The molecule has 0 saturated carbocycles. The number of pyridine rings is 1. The number of carbonyl (C=O) groups excluding carboxylic acids is 1. The highest BCUT2D eigenvalue weighted by molar-refractivity contribution is 7.80. The largest absolute Gasteiger partial charge is 0.497 e. The van der Waals surface area contributed by atoms with Crippen LogP contribution in [0.4, 0.5) is 11.4 Å². The summed E-state index contributed by atoms with van der Waals surface area (Å²) in [5, 5.41) is 7.36. The first-order valence-corrected chi connectivity index (χ1v) is 13.1. The Morgan fingerprint density at radius 2 is 1.92 bits per heavy atom. The van der Waals surface area contributed by atoms with Gasteiger partial charge in [-0.15, -0.1) is 0 Å². The fraction of sp³-hybridized carbons (Fsp3) is 0.207. The summed E-state index contributed by atoms with van der Waals surface area (Å²) in [5.41, 5.74) is 4.20. The number of hydrogen-bond acceptors (Lipinski definition) is 4. The van der Waals surface area contributed by atoms with Crippen molar-refractivity contribution in [3.8, 4) is 11.4 Å². The normalized spacial score (nSPS) is 17.0. The number of thiocarbonyl (C=S) groups is 1. The predicted molar refractivity (Wildman–Crippen MR) is 155 cm³/mol. The van der Waals surface area contributed by atoms with Crippen LogP contribution >= 0.6 is 23.8 Å². The number of halogens is 1. The van der Waals surface area contributed by atoms with Gasteiger partial charge >= 0.3 is 0 Å². The minimum Gasteiger partial charge on any atom is -0.497 e. The zero-order valence-corrected chi connectivity index (χ0v) is 22.8. The summed E-state index contributed by atoms with van der Waals surface area (Å²) >= 11 is 12.5. The van der Waals surface area contributed by atoms with Gasteiger partial charge in [0.05, 0.1) is 29.6 Å². The van der Waals surface area contributed by atoms with Crippen molar-refractivity contribution in [2.75, 3.05) is 17.3 Å². The zero-order valence-electron chi connectivity index (χ0n) is 21.3. The van der Waals surface area contributed by atoms with Crippen LogP contribution in [-0.2, 0) is 4.79 Å². The first kappa shape index (κ1) is 25.8. The third-order valence-electron chi connectivity index (χ3n) is 6.53. The molecule has 5 rings (SSSR count). The number of methoxy groups -OCH3 is 1. The second-order valence-electron chi connectivity index (χ2n) is 9.31. The summed E-state index contributed by atoms with van der Waals surface area (Å²) in [7, 11) is 1.66. The predicted octanol–water partition coefficient (Wildman–Crippen LogP) is 6.31. The highest BCUT2D eigenvalue weighted by atomic mass is 35.5. The van der Waals surface area contributed by atoms with Gasteiger partial charge in [-0.1, -0.05) is 37.6 Å². The molecule has 2 unspecified atom stereocenters. The number of nitrogens with zero attached hydrogens (tertiary/aromatic N) is 3. The number of rotatable bonds is 7. The standard InChI is InChI=1S/C29H28ClN5O2S/c1-18(2)28(36)32-23-13-12-20(17-22(23)30)35-27(26(33-29(35)38)24-10-4-5-14-31-24)25-11-7-15-34(25)19-8-6-9-21(16-19)37-3/h4-18,26-27H,1-3H3,(H,32,36)(H,33,38). The Labute approximate surface area is 232 Å². The molecule has 7 nitrogen and oxygen atoms in total. The second kappa shape index (κ2) is 10.8. The summed E-state index contributed by atoms with van der Waals surface area (Å²) in [6.45, 7) is 3.68. The fourth-order valence-corrected chi connectivity index (χ4v) is 5.16. The van der Waals surface area contributed by atoms with Gasteiger partial charge in [-0.05, 0) is 66.8 Å². The van der Waals surface area contributed by atoms with E-state index in [-0.39, 0.29) is 23.9 Å². The van der Waals surface area contributed by atoms with Gasteiger partial charge < -0.3 is 24.8 Å². The Morgan fingerprint density at radius 1 is 1.08 bits per heavy atom. The van der Waals surface area contributed by atoms with Crippen LogP contribution in [0, 0.1) is 5.92 Å². The molecule has 1 amide bonds. The van der Waals surface area contributed by atoms with Gasteiger partial charge in [0, 0.05) is 41.4 Å². The van der Waals surface area contributed by atoms with Crippen LogP contribution in [0.1, 0.15) is 37.3 Å². The van der Waals surface area contributed by atoms with E-state index in [2.05, 4.69) is 31.2 Å². The van der Waals surface area contributed by atoms with Crippen molar-refractivity contribution in [3.05, 3.63) is 102 Å². The minimum atomic E-state index is -0.245. The lowest BCUT2D eigenvalue weighted by molar-refractivity contribution is -0.118. The smallest absolute Gasteiger partial charge is 0.226 e. The maximum Gasteiger partial charge on any atom is 0.226 e. The number of amides is 1. The molecule has 2 atom stereocenters. The van der Waals surface area contributed by atoms with Crippen molar-refractivity contribution in [3.63, 3.8) is 0 Å². The van der Waals surface area contributed by atoms with E-state index in [1.165, 1.54) is 0 Å². The molecule has 2 N–H and O–H groups in total. The molecule has 3 heterocycles. The topological polar surface area (TPSA) is 71.4 Å². The zero-order chi connectivity index (χ0) is 26.8. The van der Waals surface area contributed by atoms with E-state index in [0.29, 0.717) is 15.8 Å². The Balaban J connectivity index is 1.60. The fourth-order valence-electron chi connectivity index (χ4n) is 4.60. The van der Waals surface area contributed by atoms with E-state index >= 15 is 0 Å². The lowest BCUT2D eigenvalue weighted by Gasteiger charge is -2.29. The maximum atomic E-state index is 12.3.